The number of nitrogens with zero attached hydrogens (tertiary/aromatic N) is 1. The number of methoxy groups -OCH3 is 2. The summed E-state index contributed by atoms with van der Waals surface area (Å²) in [6.45, 7) is 5.79. The van der Waals surface area contributed by atoms with E-state index in [0.29, 0.717) is 6.54 Å². The second kappa shape index (κ2) is 6.59. The van der Waals surface area contributed by atoms with E-state index in [9.17, 15) is 9.59 Å². The molecule has 0 bridgehead atoms. The summed E-state index contributed by atoms with van der Waals surface area (Å²) in [5, 5.41) is 0. The van der Waals surface area contributed by atoms with Crippen molar-refractivity contribution >= 4 is 11.9 Å². The van der Waals surface area contributed by atoms with Gasteiger partial charge in [0.15, 0.2) is 0 Å². The van der Waals surface area contributed by atoms with Crippen LogP contribution >= 0.6 is 0 Å². The van der Waals surface area contributed by atoms with Crippen LogP contribution in [0.1, 0.15) is 27.2 Å². The number of rotatable bonds is 6. The third-order valence-electron chi connectivity index (χ3n) is 2.71. The number of hydrogen-bond donors (Lipinski definition) is 0. The van der Waals surface area contributed by atoms with Crippen LogP contribution in [0, 0.1) is 5.92 Å². The fourth-order valence-electron chi connectivity index (χ4n) is 1.36. The van der Waals surface area contributed by atoms with Gasteiger partial charge in [-0.2, -0.15) is 0 Å². The first kappa shape index (κ1) is 15.9. The maximum atomic E-state index is 11.9. The topological polar surface area (TPSA) is 55.8 Å². The monoisotopic (exact) mass is 245 g/mol. The number of amides is 1. The van der Waals surface area contributed by atoms with Gasteiger partial charge in [-0.15, -0.1) is 0 Å². The lowest BCUT2D eigenvalue weighted by molar-refractivity contribution is -0.146. The summed E-state index contributed by atoms with van der Waals surface area (Å²) >= 11 is 0. The second-order valence-electron chi connectivity index (χ2n) is 4.84. The molecular weight excluding hydrogens is 222 g/mol. The van der Waals surface area contributed by atoms with E-state index in [1.807, 2.05) is 13.8 Å². The highest BCUT2D eigenvalue weighted by molar-refractivity contribution is 5.78. The molecule has 0 aliphatic rings. The van der Waals surface area contributed by atoms with Crippen LogP contribution in [0.5, 0.6) is 0 Å². The molecule has 1 atom stereocenters. The molecule has 1 amide bonds. The zero-order valence-electron chi connectivity index (χ0n) is 11.6. The number of carbonyl (C=O) groups excluding carboxylic acids is 2. The molecule has 100 valence electrons. The summed E-state index contributed by atoms with van der Waals surface area (Å²) in [6.07, 6.45) is 0.286. The first-order valence-corrected chi connectivity index (χ1v) is 5.60. The molecule has 0 aliphatic carbocycles. The molecule has 0 fully saturated rings. The van der Waals surface area contributed by atoms with Gasteiger partial charge < -0.3 is 14.4 Å². The van der Waals surface area contributed by atoms with Crippen molar-refractivity contribution in [2.75, 3.05) is 27.8 Å². The zero-order valence-corrected chi connectivity index (χ0v) is 11.6. The highest BCUT2D eigenvalue weighted by Crippen LogP contribution is 2.14. The van der Waals surface area contributed by atoms with Crippen molar-refractivity contribution in [2.24, 2.45) is 5.92 Å². The lowest BCUT2D eigenvalue weighted by Gasteiger charge is -2.26. The molecule has 0 aromatic carbocycles. The van der Waals surface area contributed by atoms with E-state index in [0.717, 1.165) is 0 Å². The fourth-order valence-corrected chi connectivity index (χ4v) is 1.36. The Labute approximate surface area is 103 Å². The largest absolute Gasteiger partial charge is 0.469 e. The Morgan fingerprint density at radius 3 is 2.24 bits per heavy atom. The predicted molar refractivity (Wildman–Crippen MR) is 64.5 cm³/mol. The highest BCUT2D eigenvalue weighted by Gasteiger charge is 2.25. The molecule has 0 aromatic heterocycles. The zero-order chi connectivity index (χ0) is 13.6. The van der Waals surface area contributed by atoms with Gasteiger partial charge in [0.25, 0.3) is 0 Å². The van der Waals surface area contributed by atoms with Gasteiger partial charge in [0.1, 0.15) is 0 Å². The van der Waals surface area contributed by atoms with E-state index < -0.39 is 5.60 Å². The van der Waals surface area contributed by atoms with Crippen molar-refractivity contribution in [3.05, 3.63) is 0 Å². The molecule has 17 heavy (non-hydrogen) atoms. The lowest BCUT2D eigenvalue weighted by Crippen LogP contribution is -2.38. The minimum Gasteiger partial charge on any atom is -0.469 e. The second-order valence-corrected chi connectivity index (χ2v) is 4.84. The average molecular weight is 245 g/mol. The summed E-state index contributed by atoms with van der Waals surface area (Å²) in [6, 6.07) is 0. The van der Waals surface area contributed by atoms with E-state index in [1.165, 1.54) is 12.0 Å². The first-order chi connectivity index (χ1) is 7.73. The van der Waals surface area contributed by atoms with E-state index in [2.05, 4.69) is 4.74 Å². The molecule has 0 saturated carbocycles. The van der Waals surface area contributed by atoms with E-state index in [1.54, 1.807) is 21.1 Å². The van der Waals surface area contributed by atoms with Crippen molar-refractivity contribution in [2.45, 2.75) is 32.8 Å². The number of hydrogen-bond acceptors (Lipinski definition) is 4. The fraction of sp³-hybridized carbons (Fsp3) is 0.833. The van der Waals surface area contributed by atoms with Gasteiger partial charge in [0.2, 0.25) is 5.91 Å². The Hall–Kier alpha value is -1.10. The van der Waals surface area contributed by atoms with Crippen LogP contribution in [-0.2, 0) is 19.1 Å². The van der Waals surface area contributed by atoms with Gasteiger partial charge in [0.05, 0.1) is 25.0 Å². The Bertz CT molecular complexity index is 276. The van der Waals surface area contributed by atoms with Crippen LogP contribution in [-0.4, -0.2) is 50.2 Å². The Morgan fingerprint density at radius 1 is 1.29 bits per heavy atom. The summed E-state index contributed by atoms with van der Waals surface area (Å²) < 4.78 is 9.81. The normalized spacial score (nSPS) is 13.1. The summed E-state index contributed by atoms with van der Waals surface area (Å²) in [5.74, 6) is -0.678. The van der Waals surface area contributed by atoms with Crippen LogP contribution in [0.2, 0.25) is 0 Å². The van der Waals surface area contributed by atoms with Crippen molar-refractivity contribution in [3.8, 4) is 0 Å². The number of esters is 1. The molecule has 5 heteroatoms. The Kier molecular flexibility index (Phi) is 6.16. The van der Waals surface area contributed by atoms with Crippen molar-refractivity contribution in [3.63, 3.8) is 0 Å². The summed E-state index contributed by atoms with van der Waals surface area (Å²) in [4.78, 5) is 24.6. The van der Waals surface area contributed by atoms with Crippen molar-refractivity contribution in [1.29, 1.82) is 0 Å². The van der Waals surface area contributed by atoms with Crippen LogP contribution in [0.3, 0.4) is 0 Å². The molecule has 5 nitrogen and oxygen atoms in total. The molecule has 0 aromatic rings. The van der Waals surface area contributed by atoms with Crippen LogP contribution in [0.15, 0.2) is 0 Å². The molecule has 1 unspecified atom stereocenters. The van der Waals surface area contributed by atoms with E-state index in [-0.39, 0.29) is 24.2 Å². The minimum absolute atomic E-state index is 0.0485. The SMILES string of the molecule is COC(=O)C(C)CN(C)C(=O)CC(C)(C)OC. The minimum atomic E-state index is -0.486. The summed E-state index contributed by atoms with van der Waals surface area (Å²) in [7, 11) is 4.59. The maximum Gasteiger partial charge on any atom is 0.310 e. The molecule has 0 spiro atoms. The van der Waals surface area contributed by atoms with Gasteiger partial charge in [-0.3, -0.25) is 9.59 Å². The van der Waals surface area contributed by atoms with Gasteiger partial charge in [-0.05, 0) is 13.8 Å². The number of carbonyl (C=O) groups is 2. The Morgan fingerprint density at radius 2 is 1.82 bits per heavy atom. The quantitative estimate of drug-likeness (QED) is 0.657. The van der Waals surface area contributed by atoms with E-state index >= 15 is 0 Å². The standard InChI is InChI=1S/C12H23NO4/c1-9(11(15)16-5)8-13(4)10(14)7-12(2,3)17-6/h9H,7-8H2,1-6H3. The van der Waals surface area contributed by atoms with Crippen LogP contribution in [0.4, 0.5) is 0 Å². The molecule has 0 rings (SSSR count). The summed E-state index contributed by atoms with van der Waals surface area (Å²) in [5.41, 5.74) is -0.486. The van der Waals surface area contributed by atoms with Gasteiger partial charge in [-0.25, -0.2) is 0 Å². The van der Waals surface area contributed by atoms with Gasteiger partial charge >= 0.3 is 5.97 Å². The van der Waals surface area contributed by atoms with Gasteiger partial charge in [-0.1, -0.05) is 6.92 Å². The predicted octanol–water partition coefficient (Wildman–Crippen LogP) is 1.07. The van der Waals surface area contributed by atoms with Gasteiger partial charge in [0, 0.05) is 20.7 Å². The Balaban J connectivity index is 4.28. The molecule has 0 saturated heterocycles. The van der Waals surface area contributed by atoms with E-state index in [4.69, 9.17) is 4.74 Å². The number of ether oxygens (including phenoxy) is 2. The van der Waals surface area contributed by atoms with Crippen molar-refractivity contribution in [1.82, 2.24) is 4.90 Å². The molecule has 0 N–H and O–H groups in total. The maximum absolute atomic E-state index is 11.9. The molecule has 0 radical (unpaired) electrons. The highest BCUT2D eigenvalue weighted by atomic mass is 16.5. The molecule has 0 aliphatic heterocycles. The van der Waals surface area contributed by atoms with Crippen LogP contribution < -0.4 is 0 Å². The molecular formula is C12H23NO4. The lowest BCUT2D eigenvalue weighted by atomic mass is 10.0. The smallest absolute Gasteiger partial charge is 0.310 e. The van der Waals surface area contributed by atoms with Crippen molar-refractivity contribution < 1.29 is 19.1 Å². The molecule has 0 heterocycles. The average Bonchev–Trinajstić information content (AvgIpc) is 2.27. The third kappa shape index (κ3) is 5.68. The third-order valence-corrected chi connectivity index (χ3v) is 2.71. The first-order valence-electron chi connectivity index (χ1n) is 5.60. The van der Waals surface area contributed by atoms with Crippen LogP contribution in [0.25, 0.3) is 0 Å².